The molecule has 124 valence electrons. The summed E-state index contributed by atoms with van der Waals surface area (Å²) in [7, 11) is 1.64. The lowest BCUT2D eigenvalue weighted by Crippen LogP contribution is -1.95. The monoisotopic (exact) mass is 341 g/mol. The van der Waals surface area contributed by atoms with E-state index < -0.39 is 0 Å². The average molecular weight is 341 g/mol. The molecule has 0 aliphatic rings. The van der Waals surface area contributed by atoms with Crippen LogP contribution in [-0.2, 0) is 0 Å². The third-order valence-electron chi connectivity index (χ3n) is 3.87. The molecule has 0 aliphatic carbocycles. The Bertz CT molecular complexity index is 896. The summed E-state index contributed by atoms with van der Waals surface area (Å²) >= 11 is 1.52. The molecular weight excluding hydrogens is 322 g/mol. The molecule has 24 heavy (non-hydrogen) atoms. The molecule has 2 N–H and O–H groups in total. The molecule has 0 saturated heterocycles. The molecule has 0 amide bonds. The van der Waals surface area contributed by atoms with Crippen molar-refractivity contribution in [3.05, 3.63) is 46.5 Å². The van der Waals surface area contributed by atoms with Crippen LogP contribution in [0.1, 0.15) is 28.5 Å². The number of ether oxygens (including phenoxy) is 1. The number of aromatic nitrogens is 2. The molecule has 6 heteroatoms. The highest BCUT2D eigenvalue weighted by atomic mass is 32.1. The minimum Gasteiger partial charge on any atom is -0.497 e. The van der Waals surface area contributed by atoms with Crippen LogP contribution in [0.5, 0.6) is 5.75 Å². The molecule has 5 nitrogen and oxygen atoms in total. The van der Waals surface area contributed by atoms with Gasteiger partial charge in [-0.25, -0.2) is 4.98 Å². The molecule has 0 spiro atoms. The first-order chi connectivity index (χ1) is 11.5. The van der Waals surface area contributed by atoms with Crippen LogP contribution in [0.3, 0.4) is 0 Å². The van der Waals surface area contributed by atoms with Gasteiger partial charge in [0.1, 0.15) is 11.4 Å². The van der Waals surface area contributed by atoms with Crippen molar-refractivity contribution in [2.75, 3.05) is 12.4 Å². The molecule has 0 fully saturated rings. The van der Waals surface area contributed by atoms with E-state index in [0.717, 1.165) is 44.8 Å². The van der Waals surface area contributed by atoms with Crippen molar-refractivity contribution in [2.24, 2.45) is 0 Å². The Labute approximate surface area is 144 Å². The van der Waals surface area contributed by atoms with E-state index in [4.69, 9.17) is 4.74 Å². The van der Waals surface area contributed by atoms with Crippen molar-refractivity contribution in [2.45, 2.75) is 20.8 Å². The van der Waals surface area contributed by atoms with Crippen molar-refractivity contribution in [1.82, 2.24) is 9.97 Å². The molecule has 3 aromatic rings. The highest BCUT2D eigenvalue weighted by Crippen LogP contribution is 2.31. The predicted molar refractivity (Wildman–Crippen MR) is 97.7 cm³/mol. The zero-order valence-electron chi connectivity index (χ0n) is 14.1. The first-order valence-electron chi connectivity index (χ1n) is 7.56. The van der Waals surface area contributed by atoms with E-state index in [-0.39, 0.29) is 5.78 Å². The average Bonchev–Trinajstić information content (AvgIpc) is 3.11. The molecule has 0 bridgehead atoms. The summed E-state index contributed by atoms with van der Waals surface area (Å²) in [5.41, 5.74) is 5.22. The topological polar surface area (TPSA) is 67.0 Å². The highest BCUT2D eigenvalue weighted by molar-refractivity contribution is 7.14. The number of carbonyl (C=O) groups excluding carboxylic acids is 1. The fourth-order valence-corrected chi connectivity index (χ4v) is 3.53. The van der Waals surface area contributed by atoms with Crippen LogP contribution >= 0.6 is 11.3 Å². The SMILES string of the molecule is COc1cccc(Nc2nc(-c3[nH]c(C)c(C(C)=O)c3C)cs2)c1. The normalized spacial score (nSPS) is 10.7. The van der Waals surface area contributed by atoms with E-state index in [9.17, 15) is 4.79 Å². The summed E-state index contributed by atoms with van der Waals surface area (Å²) in [6.45, 7) is 5.45. The lowest BCUT2D eigenvalue weighted by molar-refractivity contribution is 0.101. The van der Waals surface area contributed by atoms with Crippen LogP contribution in [0.4, 0.5) is 10.8 Å². The highest BCUT2D eigenvalue weighted by Gasteiger charge is 2.18. The molecule has 0 atom stereocenters. The smallest absolute Gasteiger partial charge is 0.187 e. The van der Waals surface area contributed by atoms with Crippen LogP contribution in [0.25, 0.3) is 11.4 Å². The van der Waals surface area contributed by atoms with Crippen molar-refractivity contribution in [3.8, 4) is 17.1 Å². The summed E-state index contributed by atoms with van der Waals surface area (Å²) in [5.74, 6) is 0.858. The number of Topliss-reactive ketones (excluding diaryl/α,β-unsaturated/α-hetero) is 1. The maximum atomic E-state index is 11.8. The van der Waals surface area contributed by atoms with Crippen molar-refractivity contribution in [3.63, 3.8) is 0 Å². The van der Waals surface area contributed by atoms with Gasteiger partial charge in [-0.3, -0.25) is 4.79 Å². The standard InChI is InChI=1S/C18H19N3O2S/c1-10-16(12(3)22)11(2)19-17(10)15-9-24-18(21-15)20-13-6-5-7-14(8-13)23-4/h5-9,19H,1-4H3,(H,20,21). The maximum absolute atomic E-state index is 11.8. The largest absolute Gasteiger partial charge is 0.497 e. The van der Waals surface area contributed by atoms with Crippen LogP contribution < -0.4 is 10.1 Å². The number of benzene rings is 1. The summed E-state index contributed by atoms with van der Waals surface area (Å²) in [6.07, 6.45) is 0. The number of H-pyrrole nitrogens is 1. The quantitative estimate of drug-likeness (QED) is 0.660. The van der Waals surface area contributed by atoms with Gasteiger partial charge in [0.2, 0.25) is 0 Å². The molecule has 2 heterocycles. The first-order valence-corrected chi connectivity index (χ1v) is 8.44. The summed E-state index contributed by atoms with van der Waals surface area (Å²) in [5, 5.41) is 6.04. The van der Waals surface area contributed by atoms with Gasteiger partial charge in [-0.2, -0.15) is 0 Å². The van der Waals surface area contributed by atoms with Gasteiger partial charge in [-0.1, -0.05) is 6.07 Å². The number of thiazole rings is 1. The number of nitrogens with zero attached hydrogens (tertiary/aromatic N) is 1. The van der Waals surface area contributed by atoms with Crippen LogP contribution in [0, 0.1) is 13.8 Å². The molecule has 0 unspecified atom stereocenters. The van der Waals surface area contributed by atoms with E-state index in [1.54, 1.807) is 14.0 Å². The number of carbonyl (C=O) groups is 1. The van der Waals surface area contributed by atoms with Gasteiger partial charge in [-0.05, 0) is 38.5 Å². The second-order valence-corrected chi connectivity index (χ2v) is 6.43. The van der Waals surface area contributed by atoms with Crippen LogP contribution in [0.15, 0.2) is 29.6 Å². The van der Waals surface area contributed by atoms with Crippen molar-refractivity contribution in [1.29, 1.82) is 0 Å². The van der Waals surface area contributed by atoms with E-state index in [1.807, 2.05) is 43.5 Å². The summed E-state index contributed by atoms with van der Waals surface area (Å²) < 4.78 is 5.23. The predicted octanol–water partition coefficient (Wildman–Crippen LogP) is 4.71. The third kappa shape index (κ3) is 3.05. The summed E-state index contributed by atoms with van der Waals surface area (Å²) in [4.78, 5) is 19.7. The van der Waals surface area contributed by atoms with E-state index in [0.29, 0.717) is 0 Å². The number of hydrogen-bond acceptors (Lipinski definition) is 5. The van der Waals surface area contributed by atoms with E-state index >= 15 is 0 Å². The van der Waals surface area contributed by atoms with Gasteiger partial charge in [-0.15, -0.1) is 11.3 Å². The molecular formula is C18H19N3O2S. The Morgan fingerprint density at radius 2 is 2.12 bits per heavy atom. The number of methoxy groups -OCH3 is 1. The minimum atomic E-state index is 0.0671. The Balaban J connectivity index is 1.88. The van der Waals surface area contributed by atoms with Gasteiger partial charge in [0.15, 0.2) is 10.9 Å². The zero-order valence-corrected chi connectivity index (χ0v) is 14.9. The second-order valence-electron chi connectivity index (χ2n) is 5.58. The number of aromatic amines is 1. The number of nitrogens with one attached hydrogen (secondary N) is 2. The van der Waals surface area contributed by atoms with Crippen molar-refractivity contribution < 1.29 is 9.53 Å². The number of rotatable bonds is 5. The summed E-state index contributed by atoms with van der Waals surface area (Å²) in [6, 6.07) is 7.70. The second kappa shape index (κ2) is 6.49. The van der Waals surface area contributed by atoms with Crippen molar-refractivity contribution >= 4 is 27.9 Å². The fraction of sp³-hybridized carbons (Fsp3) is 0.222. The zero-order chi connectivity index (χ0) is 17.3. The van der Waals surface area contributed by atoms with Crippen LogP contribution in [0.2, 0.25) is 0 Å². The van der Waals surface area contributed by atoms with Gasteiger partial charge in [0.25, 0.3) is 0 Å². The molecule has 1 aromatic carbocycles. The molecule has 0 saturated carbocycles. The lowest BCUT2D eigenvalue weighted by Gasteiger charge is -2.04. The maximum Gasteiger partial charge on any atom is 0.187 e. The molecule has 2 aromatic heterocycles. The van der Waals surface area contributed by atoms with Gasteiger partial charge in [0.05, 0.1) is 12.8 Å². The number of ketones is 1. The number of aryl methyl sites for hydroxylation is 1. The molecule has 0 aliphatic heterocycles. The Morgan fingerprint density at radius 3 is 2.79 bits per heavy atom. The first kappa shape index (κ1) is 16.3. The lowest BCUT2D eigenvalue weighted by atomic mass is 10.1. The molecule has 0 radical (unpaired) electrons. The fourth-order valence-electron chi connectivity index (χ4n) is 2.80. The van der Waals surface area contributed by atoms with Gasteiger partial charge < -0.3 is 15.0 Å². The number of anilines is 2. The van der Waals surface area contributed by atoms with Gasteiger partial charge in [0, 0.05) is 28.4 Å². The minimum absolute atomic E-state index is 0.0671. The van der Waals surface area contributed by atoms with Crippen LogP contribution in [-0.4, -0.2) is 22.9 Å². The van der Waals surface area contributed by atoms with Gasteiger partial charge >= 0.3 is 0 Å². The Hall–Kier alpha value is -2.60. The third-order valence-corrected chi connectivity index (χ3v) is 4.63. The Kier molecular flexibility index (Phi) is 4.40. The Morgan fingerprint density at radius 1 is 1.33 bits per heavy atom. The van der Waals surface area contributed by atoms with E-state index in [2.05, 4.69) is 15.3 Å². The van der Waals surface area contributed by atoms with E-state index in [1.165, 1.54) is 11.3 Å². The number of hydrogen-bond donors (Lipinski definition) is 2. The molecule has 3 rings (SSSR count).